The molecular formula is C3H6ClN2+. The van der Waals surface area contributed by atoms with Gasteiger partial charge in [0.05, 0.1) is 0 Å². The van der Waals surface area contributed by atoms with Crippen LogP contribution in [0.15, 0.2) is 0 Å². The molecule has 3 heteroatoms. The van der Waals surface area contributed by atoms with Gasteiger partial charge in [-0.05, 0) is 0 Å². The molecule has 0 aromatic heterocycles. The minimum atomic E-state index is 0. The van der Waals surface area contributed by atoms with E-state index in [0.29, 0.717) is 6.04 Å². The van der Waals surface area contributed by atoms with Crippen molar-refractivity contribution in [1.29, 1.82) is 5.39 Å². The first-order chi connectivity index (χ1) is 2.43. The number of rotatable bonds is 0. The van der Waals surface area contributed by atoms with Crippen LogP contribution in [0.4, 0.5) is 0 Å². The Kier molecular flexibility index (Phi) is 1.89. The first kappa shape index (κ1) is 5.71. The van der Waals surface area contributed by atoms with Crippen LogP contribution in [0, 0.1) is 5.39 Å². The van der Waals surface area contributed by atoms with Gasteiger partial charge in [-0.1, -0.05) is 0 Å². The van der Waals surface area contributed by atoms with Gasteiger partial charge in [-0.2, -0.15) is 0 Å². The van der Waals surface area contributed by atoms with Crippen LogP contribution in [0.5, 0.6) is 0 Å². The van der Waals surface area contributed by atoms with Crippen LogP contribution in [0.3, 0.4) is 0 Å². The molecule has 0 unspecified atom stereocenters. The van der Waals surface area contributed by atoms with Gasteiger partial charge in [0.2, 0.25) is 5.39 Å². The number of hydrogen-bond acceptors (Lipinski definition) is 1. The largest absolute Gasteiger partial charge is 0.314 e. The van der Waals surface area contributed by atoms with Crippen molar-refractivity contribution in [2.45, 2.75) is 18.9 Å². The Morgan fingerprint density at radius 1 is 1.50 bits per heavy atom. The van der Waals surface area contributed by atoms with Crippen LogP contribution in [-0.2, 0) is 0 Å². The highest BCUT2D eigenvalue weighted by atomic mass is 35.5. The van der Waals surface area contributed by atoms with Gasteiger partial charge in [0.25, 0.3) is 0 Å². The van der Waals surface area contributed by atoms with Gasteiger partial charge in [-0.15, -0.1) is 12.4 Å². The van der Waals surface area contributed by atoms with E-state index in [4.69, 9.17) is 5.39 Å². The maximum atomic E-state index is 7.83. The van der Waals surface area contributed by atoms with Gasteiger partial charge in [0.15, 0.2) is 0 Å². The summed E-state index contributed by atoms with van der Waals surface area (Å²) in [5, 5.41) is 7.83. The third-order valence-electron chi connectivity index (χ3n) is 0.710. The van der Waals surface area contributed by atoms with Crippen molar-refractivity contribution >= 4 is 12.4 Å². The molecule has 1 saturated carbocycles. The molecule has 0 amide bonds. The Morgan fingerprint density at radius 2 is 2.00 bits per heavy atom. The minimum Gasteiger partial charge on any atom is -0.147 e. The Morgan fingerprint density at radius 3 is 2.00 bits per heavy atom. The Hall–Kier alpha value is -0.290. The lowest BCUT2D eigenvalue weighted by Gasteiger charge is -1.33. The van der Waals surface area contributed by atoms with Gasteiger partial charge in [0, 0.05) is 12.8 Å². The van der Waals surface area contributed by atoms with E-state index < -0.39 is 0 Å². The SMILES string of the molecule is Cl.N#[N+]C1CC1. The van der Waals surface area contributed by atoms with Crippen molar-refractivity contribution in [1.82, 2.24) is 0 Å². The maximum absolute atomic E-state index is 7.83. The normalized spacial score (nSPS) is 17.8. The molecule has 0 aromatic carbocycles. The van der Waals surface area contributed by atoms with E-state index in [0.717, 1.165) is 12.8 Å². The second kappa shape index (κ2) is 1.99. The summed E-state index contributed by atoms with van der Waals surface area (Å²) in [4.78, 5) is 3.00. The lowest BCUT2D eigenvalue weighted by Crippen LogP contribution is -1.56. The number of nitrogens with zero attached hydrogens (tertiary/aromatic N) is 2. The summed E-state index contributed by atoms with van der Waals surface area (Å²) in [5.41, 5.74) is 0. The standard InChI is InChI=1S/C3H5N2.ClH/c4-5-3-1-2-3;/h3H,1-2H2;1H/q+1;. The van der Waals surface area contributed by atoms with Gasteiger partial charge in [-0.25, -0.2) is 0 Å². The van der Waals surface area contributed by atoms with Crippen molar-refractivity contribution < 1.29 is 0 Å². The van der Waals surface area contributed by atoms with Crippen LogP contribution < -0.4 is 0 Å². The molecule has 0 heterocycles. The van der Waals surface area contributed by atoms with Crippen molar-refractivity contribution in [2.75, 3.05) is 0 Å². The molecule has 1 rings (SSSR count). The molecule has 0 aliphatic heterocycles. The van der Waals surface area contributed by atoms with Crippen LogP contribution >= 0.6 is 12.4 Å². The van der Waals surface area contributed by atoms with E-state index in [-0.39, 0.29) is 12.4 Å². The first-order valence-corrected chi connectivity index (χ1v) is 1.77. The molecular weight excluding hydrogens is 99.5 g/mol. The third kappa shape index (κ3) is 1.23. The molecule has 0 saturated heterocycles. The average Bonchev–Trinajstić information content (AvgIpc) is 2.12. The zero-order valence-corrected chi connectivity index (χ0v) is 4.11. The van der Waals surface area contributed by atoms with Crippen LogP contribution in [-0.4, -0.2) is 6.04 Å². The first-order valence-electron chi connectivity index (χ1n) is 1.77. The van der Waals surface area contributed by atoms with Gasteiger partial charge in [0.1, 0.15) is 4.98 Å². The predicted molar refractivity (Wildman–Crippen MR) is 25.4 cm³/mol. The van der Waals surface area contributed by atoms with Crippen molar-refractivity contribution in [2.24, 2.45) is 0 Å². The van der Waals surface area contributed by atoms with Crippen molar-refractivity contribution in [3.63, 3.8) is 0 Å². The smallest absolute Gasteiger partial charge is 0.147 e. The Labute approximate surface area is 42.6 Å². The molecule has 0 atom stereocenters. The average molecular weight is 106 g/mol. The molecule has 0 bridgehead atoms. The molecule has 6 heavy (non-hydrogen) atoms. The fourth-order valence-electron chi connectivity index (χ4n) is 0.190. The van der Waals surface area contributed by atoms with E-state index in [1.165, 1.54) is 0 Å². The molecule has 1 aliphatic carbocycles. The van der Waals surface area contributed by atoms with Crippen molar-refractivity contribution in [3.8, 4) is 0 Å². The fourth-order valence-corrected chi connectivity index (χ4v) is 0.190. The van der Waals surface area contributed by atoms with Crippen LogP contribution in [0.2, 0.25) is 0 Å². The zero-order chi connectivity index (χ0) is 3.70. The Balaban J connectivity index is 0.000000250. The highest BCUT2D eigenvalue weighted by molar-refractivity contribution is 5.85. The molecule has 0 N–H and O–H groups in total. The molecule has 1 fully saturated rings. The fraction of sp³-hybridized carbons (Fsp3) is 1.00. The lowest BCUT2D eigenvalue weighted by atomic mass is 10.8. The van der Waals surface area contributed by atoms with Gasteiger partial charge >= 0.3 is 6.04 Å². The van der Waals surface area contributed by atoms with Gasteiger partial charge < -0.3 is 0 Å². The zero-order valence-electron chi connectivity index (χ0n) is 3.29. The summed E-state index contributed by atoms with van der Waals surface area (Å²) in [6, 6.07) is 0.315. The molecule has 0 aromatic rings. The van der Waals surface area contributed by atoms with Crippen LogP contribution in [0.25, 0.3) is 4.98 Å². The maximum Gasteiger partial charge on any atom is 0.314 e. The molecule has 2 nitrogen and oxygen atoms in total. The monoisotopic (exact) mass is 105 g/mol. The van der Waals surface area contributed by atoms with E-state index in [9.17, 15) is 0 Å². The quantitative estimate of drug-likeness (QED) is 0.428. The van der Waals surface area contributed by atoms with E-state index in [1.54, 1.807) is 0 Å². The minimum absolute atomic E-state index is 0. The van der Waals surface area contributed by atoms with E-state index in [1.807, 2.05) is 0 Å². The third-order valence-corrected chi connectivity index (χ3v) is 0.710. The molecule has 34 valence electrons. The summed E-state index contributed by atoms with van der Waals surface area (Å²) < 4.78 is 0. The van der Waals surface area contributed by atoms with Crippen molar-refractivity contribution in [3.05, 3.63) is 4.98 Å². The molecule has 0 spiro atoms. The predicted octanol–water partition coefficient (Wildman–Crippen LogP) is 1.42. The van der Waals surface area contributed by atoms with Gasteiger partial charge in [-0.3, -0.25) is 0 Å². The van der Waals surface area contributed by atoms with E-state index in [2.05, 4.69) is 4.98 Å². The highest BCUT2D eigenvalue weighted by Crippen LogP contribution is 2.22. The Bertz CT molecular complexity index is 71.4. The van der Waals surface area contributed by atoms with Crippen LogP contribution in [0.1, 0.15) is 12.8 Å². The number of diazo groups is 1. The number of hydrogen-bond donors (Lipinski definition) is 0. The second-order valence-electron chi connectivity index (χ2n) is 1.35. The highest BCUT2D eigenvalue weighted by Gasteiger charge is 2.34. The summed E-state index contributed by atoms with van der Waals surface area (Å²) in [6.45, 7) is 0. The number of halogens is 1. The summed E-state index contributed by atoms with van der Waals surface area (Å²) in [7, 11) is 0. The topological polar surface area (TPSA) is 28.1 Å². The summed E-state index contributed by atoms with van der Waals surface area (Å²) in [5.74, 6) is 0. The summed E-state index contributed by atoms with van der Waals surface area (Å²) >= 11 is 0. The molecule has 1 aliphatic rings. The van der Waals surface area contributed by atoms with E-state index >= 15 is 0 Å². The molecule has 0 radical (unpaired) electrons. The summed E-state index contributed by atoms with van der Waals surface area (Å²) in [6.07, 6.45) is 2.19. The lowest BCUT2D eigenvalue weighted by molar-refractivity contribution is 1.20. The second-order valence-corrected chi connectivity index (χ2v) is 1.35.